The maximum atomic E-state index is 13.2. The van der Waals surface area contributed by atoms with Crippen molar-refractivity contribution in [1.82, 2.24) is 15.3 Å². The Morgan fingerprint density at radius 3 is 2.53 bits per heavy atom. The molecule has 2 N–H and O–H groups in total. The van der Waals surface area contributed by atoms with E-state index < -0.39 is 6.04 Å². The van der Waals surface area contributed by atoms with E-state index in [-0.39, 0.29) is 5.91 Å². The van der Waals surface area contributed by atoms with Gasteiger partial charge in [0.2, 0.25) is 5.91 Å². The molecule has 1 aromatic heterocycles. The highest BCUT2D eigenvalue weighted by Gasteiger charge is 2.20. The van der Waals surface area contributed by atoms with E-state index in [2.05, 4.69) is 33.5 Å². The second-order valence-electron chi connectivity index (χ2n) is 7.81. The minimum Gasteiger partial charge on any atom is -0.309 e. The minimum absolute atomic E-state index is 0.186. The van der Waals surface area contributed by atoms with Crippen LogP contribution in [0, 0.1) is 11.3 Å². The molecule has 3 aromatic rings. The first-order chi connectivity index (χ1) is 16.5. The average molecular weight is 453 g/mol. The van der Waals surface area contributed by atoms with Crippen molar-refractivity contribution in [2.24, 2.45) is 5.10 Å². The van der Waals surface area contributed by atoms with E-state index >= 15 is 0 Å². The van der Waals surface area contributed by atoms with E-state index in [0.29, 0.717) is 17.9 Å². The number of nitriles is 1. The Morgan fingerprint density at radius 1 is 1.18 bits per heavy atom. The van der Waals surface area contributed by atoms with E-state index in [1.165, 1.54) is 0 Å². The van der Waals surface area contributed by atoms with Gasteiger partial charge in [0.1, 0.15) is 11.9 Å². The third-order valence-electron chi connectivity index (χ3n) is 5.31. The maximum absolute atomic E-state index is 13.2. The smallest absolute Gasteiger partial charge is 0.247 e. The van der Waals surface area contributed by atoms with Gasteiger partial charge in [-0.2, -0.15) is 10.4 Å². The summed E-state index contributed by atoms with van der Waals surface area (Å²) in [5.74, 6) is 0.292. The van der Waals surface area contributed by atoms with Crippen LogP contribution in [0.2, 0.25) is 0 Å². The summed E-state index contributed by atoms with van der Waals surface area (Å²) in [5.41, 5.74) is 4.50. The Kier molecular flexibility index (Phi) is 8.67. The van der Waals surface area contributed by atoms with E-state index in [1.807, 2.05) is 61.7 Å². The average Bonchev–Trinajstić information content (AvgIpc) is 2.87. The molecule has 0 saturated carbocycles. The molecular weight excluding hydrogens is 424 g/mol. The van der Waals surface area contributed by atoms with Crippen molar-refractivity contribution in [3.63, 3.8) is 0 Å². The van der Waals surface area contributed by atoms with Crippen molar-refractivity contribution >= 4 is 24.0 Å². The number of benzene rings is 2. The van der Waals surface area contributed by atoms with Crippen molar-refractivity contribution < 1.29 is 4.79 Å². The summed E-state index contributed by atoms with van der Waals surface area (Å²) in [6, 6.07) is 22.3. The van der Waals surface area contributed by atoms with E-state index in [0.717, 1.165) is 28.7 Å². The lowest BCUT2D eigenvalue weighted by Gasteiger charge is -2.19. The van der Waals surface area contributed by atoms with Crippen molar-refractivity contribution in [2.45, 2.75) is 19.4 Å². The molecule has 1 heterocycles. The molecule has 0 aliphatic carbocycles. The van der Waals surface area contributed by atoms with Gasteiger partial charge in [-0.15, -0.1) is 0 Å². The minimum atomic E-state index is -0.532. The quantitative estimate of drug-likeness (QED) is 0.352. The van der Waals surface area contributed by atoms with E-state index in [4.69, 9.17) is 5.26 Å². The number of hydrazone groups is 1. The fourth-order valence-electron chi connectivity index (χ4n) is 3.41. The fraction of sp³-hybridized carbons (Fsp3) is 0.185. The zero-order valence-corrected chi connectivity index (χ0v) is 19.4. The van der Waals surface area contributed by atoms with Crippen LogP contribution in [0.3, 0.4) is 0 Å². The molecule has 34 heavy (non-hydrogen) atoms. The number of amides is 1. The Hall–Kier alpha value is -4.28. The number of aromatic nitrogens is 1. The number of rotatable bonds is 10. The van der Waals surface area contributed by atoms with Crippen LogP contribution in [-0.4, -0.2) is 36.2 Å². The molecule has 0 unspecified atom stereocenters. The molecule has 0 bridgehead atoms. The first kappa shape index (κ1) is 24.4. The van der Waals surface area contributed by atoms with Gasteiger partial charge in [0.05, 0.1) is 11.6 Å². The largest absolute Gasteiger partial charge is 0.309 e. The number of carbonyl (C=O) groups excluding carboxylic acids is 1. The van der Waals surface area contributed by atoms with Gasteiger partial charge in [0.15, 0.2) is 0 Å². The second kappa shape index (κ2) is 12.1. The Morgan fingerprint density at radius 2 is 1.91 bits per heavy atom. The van der Waals surface area contributed by atoms with Crippen molar-refractivity contribution in [2.75, 3.05) is 18.9 Å². The highest BCUT2D eigenvalue weighted by atomic mass is 16.2. The first-order valence-electron chi connectivity index (χ1n) is 10.9. The number of anilines is 1. The van der Waals surface area contributed by atoms with Crippen LogP contribution in [0.5, 0.6) is 0 Å². The van der Waals surface area contributed by atoms with E-state index in [9.17, 15) is 4.79 Å². The third kappa shape index (κ3) is 6.86. The number of carbonyl (C=O) groups is 1. The fourth-order valence-corrected chi connectivity index (χ4v) is 3.41. The zero-order valence-electron chi connectivity index (χ0n) is 19.4. The van der Waals surface area contributed by atoms with Crippen LogP contribution in [0.1, 0.15) is 35.2 Å². The number of nitrogens with one attached hydrogen (secondary N) is 2. The van der Waals surface area contributed by atoms with Gasteiger partial charge in [-0.1, -0.05) is 42.5 Å². The summed E-state index contributed by atoms with van der Waals surface area (Å²) in [4.78, 5) is 17.6. The lowest BCUT2D eigenvalue weighted by atomic mass is 10.0. The van der Waals surface area contributed by atoms with Crippen LogP contribution < -0.4 is 10.6 Å². The zero-order chi connectivity index (χ0) is 24.3. The van der Waals surface area contributed by atoms with Gasteiger partial charge in [-0.3, -0.25) is 9.80 Å². The second-order valence-corrected chi connectivity index (χ2v) is 7.81. The standard InChI is InChI=1S/C27H28N6O/c1-20(19-33(3)29-2)24-13-14-25(31-18-24)32-27(34)26(23-7-5-4-6-8-23)30-16-15-21-9-11-22(17-28)12-10-21/h4-14,18-19,26,30H,2,15-16H2,1,3H3,(H,31,32,34)/b20-19+/t26-/m1/s1. The summed E-state index contributed by atoms with van der Waals surface area (Å²) in [5, 5.41) is 20.7. The Balaban J connectivity index is 1.67. The molecule has 1 atom stereocenters. The molecule has 1 amide bonds. The highest BCUT2D eigenvalue weighted by molar-refractivity contribution is 5.94. The van der Waals surface area contributed by atoms with Gasteiger partial charge >= 0.3 is 0 Å². The number of nitrogens with zero attached hydrogens (tertiary/aromatic N) is 4. The molecule has 3 rings (SSSR count). The van der Waals surface area contributed by atoms with Gasteiger partial charge in [-0.25, -0.2) is 4.98 Å². The first-order valence-corrected chi connectivity index (χ1v) is 10.9. The van der Waals surface area contributed by atoms with Crippen molar-refractivity contribution in [3.05, 3.63) is 101 Å². The summed E-state index contributed by atoms with van der Waals surface area (Å²) in [7, 11) is 1.80. The highest BCUT2D eigenvalue weighted by Crippen LogP contribution is 2.18. The Bertz CT molecular complexity index is 1160. The summed E-state index contributed by atoms with van der Waals surface area (Å²) in [6.07, 6.45) is 4.30. The lowest BCUT2D eigenvalue weighted by Crippen LogP contribution is -2.34. The van der Waals surface area contributed by atoms with Crippen LogP contribution in [0.15, 0.2) is 84.2 Å². The SMILES string of the molecule is C=NN(C)/C=C(\C)c1ccc(NC(=O)[C@H](NCCc2ccc(C#N)cc2)c2ccccc2)nc1. The normalized spacial score (nSPS) is 11.9. The number of hydrogen-bond donors (Lipinski definition) is 2. The van der Waals surface area contributed by atoms with Crippen LogP contribution in [0.25, 0.3) is 5.57 Å². The number of hydrogen-bond acceptors (Lipinski definition) is 6. The third-order valence-corrected chi connectivity index (χ3v) is 5.31. The number of pyridine rings is 1. The topological polar surface area (TPSA) is 93.4 Å². The molecule has 172 valence electrons. The molecule has 0 spiro atoms. The molecule has 0 fully saturated rings. The number of allylic oxidation sites excluding steroid dienone is 1. The van der Waals surface area contributed by atoms with Gasteiger partial charge in [0, 0.05) is 32.7 Å². The van der Waals surface area contributed by atoms with Crippen molar-refractivity contribution in [3.8, 4) is 6.07 Å². The van der Waals surface area contributed by atoms with Gasteiger partial charge < -0.3 is 10.6 Å². The summed E-state index contributed by atoms with van der Waals surface area (Å²) >= 11 is 0. The van der Waals surface area contributed by atoms with Crippen LogP contribution in [0.4, 0.5) is 5.82 Å². The molecule has 0 saturated heterocycles. The summed E-state index contributed by atoms with van der Waals surface area (Å²) < 4.78 is 0. The van der Waals surface area contributed by atoms with Gasteiger partial charge in [-0.05, 0) is 59.9 Å². The van der Waals surface area contributed by atoms with Crippen LogP contribution in [-0.2, 0) is 11.2 Å². The Labute approximate surface area is 200 Å². The van der Waals surface area contributed by atoms with Crippen LogP contribution >= 0.6 is 0 Å². The predicted octanol–water partition coefficient (Wildman–Crippen LogP) is 4.37. The predicted molar refractivity (Wildman–Crippen MR) is 136 cm³/mol. The molecule has 7 heteroatoms. The summed E-state index contributed by atoms with van der Waals surface area (Å²) in [6.45, 7) is 6.05. The van der Waals surface area contributed by atoms with E-state index in [1.54, 1.807) is 36.5 Å². The van der Waals surface area contributed by atoms with Gasteiger partial charge in [0.25, 0.3) is 0 Å². The molecule has 0 aliphatic heterocycles. The maximum Gasteiger partial charge on any atom is 0.247 e. The lowest BCUT2D eigenvalue weighted by molar-refractivity contribution is -0.118. The monoisotopic (exact) mass is 452 g/mol. The molecule has 0 radical (unpaired) electrons. The molecule has 0 aliphatic rings. The van der Waals surface area contributed by atoms with Crippen molar-refractivity contribution in [1.29, 1.82) is 5.26 Å². The molecule has 7 nitrogen and oxygen atoms in total. The molecular formula is C27H28N6O. The molecule has 2 aromatic carbocycles.